The van der Waals surface area contributed by atoms with Crippen LogP contribution >= 0.6 is 0 Å². The van der Waals surface area contributed by atoms with Crippen LogP contribution in [-0.2, 0) is 5.11 Å². The van der Waals surface area contributed by atoms with Crippen molar-refractivity contribution in [2.24, 2.45) is 0 Å². The van der Waals surface area contributed by atoms with E-state index >= 15 is 0 Å². The third-order valence-corrected chi connectivity index (χ3v) is 1.69. The van der Waals surface area contributed by atoms with Crippen LogP contribution in [0.5, 0.6) is 0 Å². The highest BCUT2D eigenvalue weighted by atomic mass is 16.4. The molecule has 0 fully saturated rings. The summed E-state index contributed by atoms with van der Waals surface area (Å²) in [6.07, 6.45) is 0. The van der Waals surface area contributed by atoms with Gasteiger partial charge in [0, 0.05) is 0 Å². The predicted octanol–water partition coefficient (Wildman–Crippen LogP) is 1.87. The highest BCUT2D eigenvalue weighted by Crippen LogP contribution is 2.12. The van der Waals surface area contributed by atoms with E-state index in [-0.39, 0.29) is 0 Å². The molecule has 0 bridgehead atoms. The van der Waals surface area contributed by atoms with Gasteiger partial charge < -0.3 is 0 Å². The Bertz CT molecular complexity index is 269. The Hall–Kier alpha value is -1.31. The lowest BCUT2D eigenvalue weighted by atomic mass is 10.0. The lowest BCUT2D eigenvalue weighted by Gasteiger charge is -2.00. The van der Waals surface area contributed by atoms with Crippen molar-refractivity contribution in [1.29, 1.82) is 0 Å². The molecule has 1 rings (SSSR count). The van der Waals surface area contributed by atoms with Gasteiger partial charge in [0.05, 0.1) is 5.56 Å². The van der Waals surface area contributed by atoms with E-state index in [9.17, 15) is 9.90 Å². The molecule has 0 unspecified atom stereocenters. The number of benzene rings is 1. The van der Waals surface area contributed by atoms with Crippen molar-refractivity contribution < 1.29 is 9.90 Å². The van der Waals surface area contributed by atoms with Gasteiger partial charge in [0.1, 0.15) is 0 Å². The molecule has 2 nitrogen and oxygen atoms in total. The molecule has 2 heteroatoms. The third-order valence-electron chi connectivity index (χ3n) is 1.69. The molecule has 0 aliphatic rings. The van der Waals surface area contributed by atoms with Crippen LogP contribution in [0.25, 0.3) is 0 Å². The summed E-state index contributed by atoms with van der Waals surface area (Å²) in [6.45, 7) is 3.52. The van der Waals surface area contributed by atoms with Crippen molar-refractivity contribution >= 4 is 5.97 Å². The van der Waals surface area contributed by atoms with Crippen molar-refractivity contribution in [3.8, 4) is 0 Å². The van der Waals surface area contributed by atoms with Gasteiger partial charge in [0.25, 0.3) is 0 Å². The number of hydrogen-bond acceptors (Lipinski definition) is 1. The normalized spacial score (nSPS) is 9.64. The molecule has 0 aliphatic carbocycles. The topological polar surface area (TPSA) is 37.0 Å². The second kappa shape index (κ2) is 2.74. The lowest BCUT2D eigenvalue weighted by molar-refractivity contribution is 0.0571. The van der Waals surface area contributed by atoms with Crippen LogP contribution in [-0.4, -0.2) is 5.97 Å². The van der Waals surface area contributed by atoms with Gasteiger partial charge >= 0.3 is 5.97 Å². The molecule has 0 heterocycles. The van der Waals surface area contributed by atoms with Crippen molar-refractivity contribution in [2.75, 3.05) is 0 Å². The second-order valence-corrected chi connectivity index (χ2v) is 2.55. The minimum atomic E-state index is -1.10. The molecule has 0 N–H and O–H groups in total. The van der Waals surface area contributed by atoms with Crippen LogP contribution in [0.3, 0.4) is 0 Å². The number of aryl methyl sites for hydroxylation is 2. The zero-order valence-electron chi connectivity index (χ0n) is 6.55. The number of hydrogen-bond donors (Lipinski definition) is 0. The van der Waals surface area contributed by atoms with Gasteiger partial charge in [-0.3, -0.25) is 0 Å². The van der Waals surface area contributed by atoms with E-state index in [0.29, 0.717) is 5.56 Å². The van der Waals surface area contributed by atoms with Crippen LogP contribution in [0.2, 0.25) is 0 Å². The Labute approximate surface area is 65.5 Å². The number of carbonyl (C=O) groups excluding carboxylic acids is 1. The first-order valence-electron chi connectivity index (χ1n) is 3.40. The maximum Gasteiger partial charge on any atom is 0.386 e. The average molecular weight is 149 g/mol. The molecule has 1 radical (unpaired) electrons. The molecular formula is C9H9O2. The first-order valence-corrected chi connectivity index (χ1v) is 3.40. The summed E-state index contributed by atoms with van der Waals surface area (Å²) >= 11 is 0. The summed E-state index contributed by atoms with van der Waals surface area (Å²) in [5.74, 6) is -1.10. The molecular weight excluding hydrogens is 140 g/mol. The standard InChI is InChI=1S/C9H9O2/c1-6-4-3-5-7(2)8(6)9(10)11/h3-5H,1-2H3. The summed E-state index contributed by atoms with van der Waals surface area (Å²) in [7, 11) is 0. The first-order chi connectivity index (χ1) is 5.13. The summed E-state index contributed by atoms with van der Waals surface area (Å²) in [5, 5.41) is 10.5. The van der Waals surface area contributed by atoms with Crippen molar-refractivity contribution in [2.45, 2.75) is 13.8 Å². The molecule has 11 heavy (non-hydrogen) atoms. The fraction of sp³-hybridized carbons (Fsp3) is 0.222. The van der Waals surface area contributed by atoms with Gasteiger partial charge in [0.2, 0.25) is 0 Å². The predicted molar refractivity (Wildman–Crippen MR) is 40.9 cm³/mol. The van der Waals surface area contributed by atoms with E-state index < -0.39 is 5.97 Å². The molecule has 0 aliphatic heterocycles. The Balaban J connectivity index is 3.32. The largest absolute Gasteiger partial charge is 0.386 e. The lowest BCUT2D eigenvalue weighted by Crippen LogP contribution is -2.00. The molecule has 0 saturated carbocycles. The van der Waals surface area contributed by atoms with Gasteiger partial charge in [-0.25, -0.2) is 9.90 Å². The summed E-state index contributed by atoms with van der Waals surface area (Å²) < 4.78 is 0. The Morgan fingerprint density at radius 2 is 1.64 bits per heavy atom. The van der Waals surface area contributed by atoms with Crippen molar-refractivity contribution in [1.82, 2.24) is 0 Å². The molecule has 0 atom stereocenters. The molecule has 57 valence electrons. The van der Waals surface area contributed by atoms with E-state index in [2.05, 4.69) is 0 Å². The maximum absolute atomic E-state index is 10.5. The van der Waals surface area contributed by atoms with E-state index in [4.69, 9.17) is 0 Å². The van der Waals surface area contributed by atoms with Crippen LogP contribution < -0.4 is 0 Å². The smallest absolute Gasteiger partial charge is 0.241 e. The summed E-state index contributed by atoms with van der Waals surface area (Å²) in [4.78, 5) is 10.5. The van der Waals surface area contributed by atoms with Gasteiger partial charge in [-0.15, -0.1) is 0 Å². The van der Waals surface area contributed by atoms with Gasteiger partial charge in [-0.1, -0.05) is 18.2 Å². The van der Waals surface area contributed by atoms with Crippen LogP contribution in [0.4, 0.5) is 0 Å². The second-order valence-electron chi connectivity index (χ2n) is 2.55. The van der Waals surface area contributed by atoms with Crippen LogP contribution in [0.1, 0.15) is 21.5 Å². The third kappa shape index (κ3) is 1.40. The van der Waals surface area contributed by atoms with Crippen molar-refractivity contribution in [3.05, 3.63) is 34.9 Å². The Morgan fingerprint density at radius 3 is 1.91 bits per heavy atom. The zero-order chi connectivity index (χ0) is 8.43. The van der Waals surface area contributed by atoms with Gasteiger partial charge in [-0.05, 0) is 25.0 Å². The fourth-order valence-electron chi connectivity index (χ4n) is 1.14. The quantitative estimate of drug-likeness (QED) is 0.600. The summed E-state index contributed by atoms with van der Waals surface area (Å²) in [6, 6.07) is 5.35. The highest BCUT2D eigenvalue weighted by Gasteiger charge is 2.10. The minimum absolute atomic E-state index is 0.313. The van der Waals surface area contributed by atoms with Crippen molar-refractivity contribution in [3.63, 3.8) is 0 Å². The minimum Gasteiger partial charge on any atom is -0.241 e. The highest BCUT2D eigenvalue weighted by molar-refractivity contribution is 5.90. The van der Waals surface area contributed by atoms with E-state index in [1.807, 2.05) is 6.07 Å². The molecule has 1 aromatic carbocycles. The first kappa shape index (κ1) is 7.79. The van der Waals surface area contributed by atoms with E-state index in [1.165, 1.54) is 0 Å². The maximum atomic E-state index is 10.5. The van der Waals surface area contributed by atoms with E-state index in [1.54, 1.807) is 26.0 Å². The van der Waals surface area contributed by atoms with Gasteiger partial charge in [0.15, 0.2) is 0 Å². The Kier molecular flexibility index (Phi) is 1.94. The average Bonchev–Trinajstić information content (AvgIpc) is 1.85. The molecule has 0 spiro atoms. The SMILES string of the molecule is Cc1cccc(C)c1C([O])=O. The molecule has 1 aromatic rings. The monoisotopic (exact) mass is 149 g/mol. The summed E-state index contributed by atoms with van der Waals surface area (Å²) in [5.41, 5.74) is 1.82. The number of carbonyl (C=O) groups is 1. The van der Waals surface area contributed by atoms with Crippen LogP contribution in [0.15, 0.2) is 18.2 Å². The van der Waals surface area contributed by atoms with E-state index in [0.717, 1.165) is 11.1 Å². The van der Waals surface area contributed by atoms with Crippen LogP contribution in [0, 0.1) is 13.8 Å². The van der Waals surface area contributed by atoms with Gasteiger partial charge in [-0.2, -0.15) is 0 Å². The Morgan fingerprint density at radius 1 is 1.18 bits per heavy atom. The molecule has 0 amide bonds. The fourth-order valence-corrected chi connectivity index (χ4v) is 1.14. The molecule has 0 aromatic heterocycles. The number of rotatable bonds is 1. The molecule has 0 saturated heterocycles. The zero-order valence-corrected chi connectivity index (χ0v) is 6.55.